The van der Waals surface area contributed by atoms with Gasteiger partial charge in [0.15, 0.2) is 0 Å². The number of rotatable bonds is 3. The molecule has 0 bridgehead atoms. The Kier molecular flexibility index (Phi) is 5.82. The first-order valence-electron chi connectivity index (χ1n) is 11.8. The highest BCUT2D eigenvalue weighted by atomic mass is 16.5. The van der Waals surface area contributed by atoms with Gasteiger partial charge in [0.25, 0.3) is 0 Å². The quantitative estimate of drug-likeness (QED) is 0.486. The topological polar surface area (TPSA) is 95.0 Å². The molecule has 1 aromatic heterocycles. The van der Waals surface area contributed by atoms with E-state index in [2.05, 4.69) is 4.98 Å². The molecular weight excluding hydrogens is 472 g/mol. The van der Waals surface area contributed by atoms with Crippen LogP contribution in [0.25, 0.3) is 22.1 Å². The van der Waals surface area contributed by atoms with Crippen molar-refractivity contribution in [2.75, 3.05) is 14.2 Å². The van der Waals surface area contributed by atoms with Crippen molar-refractivity contribution in [2.45, 2.75) is 27.0 Å². The molecule has 1 amide bonds. The van der Waals surface area contributed by atoms with E-state index in [0.717, 1.165) is 16.3 Å². The number of hydrogen-bond donors (Lipinski definition) is 0. The number of ether oxygens (including phenoxy) is 3. The van der Waals surface area contributed by atoms with Crippen molar-refractivity contribution in [1.29, 1.82) is 0 Å². The van der Waals surface area contributed by atoms with E-state index in [0.29, 0.717) is 22.6 Å². The number of carbonyl (C=O) groups excluding carboxylic acids is 3. The number of methoxy groups -OCH3 is 2. The number of esters is 2. The minimum Gasteiger partial charge on any atom is -0.465 e. The van der Waals surface area contributed by atoms with Gasteiger partial charge >= 0.3 is 11.9 Å². The standard InChI is InChI=1S/C29H26N2O6/c1-29(2,3)28(34)31-23(27(33)36-5)22(26(32)35-4)21-17-12-8-10-16-11-9-13-18(20(16)17)24(21)37-25(31)19-14-6-7-15-30-19/h6-15,25H,1-5H3. The molecule has 2 aromatic carbocycles. The lowest BCUT2D eigenvalue weighted by atomic mass is 9.92. The normalized spacial score (nSPS) is 16.8. The number of nitrogens with zero attached hydrogens (tertiary/aromatic N) is 2. The van der Waals surface area contributed by atoms with E-state index >= 15 is 0 Å². The summed E-state index contributed by atoms with van der Waals surface area (Å²) in [7, 11) is 2.43. The van der Waals surface area contributed by atoms with Gasteiger partial charge in [-0.15, -0.1) is 0 Å². The third-order valence-electron chi connectivity index (χ3n) is 6.41. The molecule has 8 heteroatoms. The molecule has 0 N–H and O–H groups in total. The molecule has 0 saturated heterocycles. The van der Waals surface area contributed by atoms with Crippen molar-refractivity contribution in [3.8, 4) is 0 Å². The molecule has 188 valence electrons. The highest BCUT2D eigenvalue weighted by Gasteiger charge is 2.48. The van der Waals surface area contributed by atoms with Crippen LogP contribution in [0, 0.1) is 5.41 Å². The number of aromatic nitrogens is 1. The van der Waals surface area contributed by atoms with E-state index in [-0.39, 0.29) is 11.3 Å². The average molecular weight is 499 g/mol. The second-order valence-corrected chi connectivity index (χ2v) is 9.77. The molecule has 1 unspecified atom stereocenters. The second-order valence-electron chi connectivity index (χ2n) is 9.77. The van der Waals surface area contributed by atoms with E-state index in [4.69, 9.17) is 14.2 Å². The molecule has 8 nitrogen and oxygen atoms in total. The first-order valence-corrected chi connectivity index (χ1v) is 11.8. The molecule has 1 aliphatic carbocycles. The Morgan fingerprint density at radius 2 is 1.57 bits per heavy atom. The van der Waals surface area contributed by atoms with E-state index in [1.807, 2.05) is 36.4 Å². The summed E-state index contributed by atoms with van der Waals surface area (Å²) in [4.78, 5) is 46.6. The van der Waals surface area contributed by atoms with Gasteiger partial charge in [0.05, 0.1) is 14.2 Å². The first-order chi connectivity index (χ1) is 17.7. The van der Waals surface area contributed by atoms with Gasteiger partial charge in [0, 0.05) is 28.1 Å². The molecule has 0 saturated carbocycles. The summed E-state index contributed by atoms with van der Waals surface area (Å²) in [6, 6.07) is 16.6. The van der Waals surface area contributed by atoms with E-state index < -0.39 is 29.5 Å². The Labute approximate surface area is 214 Å². The third kappa shape index (κ3) is 3.76. The van der Waals surface area contributed by atoms with Crippen LogP contribution in [0.2, 0.25) is 0 Å². The minimum atomic E-state index is -1.17. The van der Waals surface area contributed by atoms with Gasteiger partial charge in [-0.25, -0.2) is 9.59 Å². The number of benzene rings is 2. The van der Waals surface area contributed by atoms with Gasteiger partial charge < -0.3 is 14.2 Å². The average Bonchev–Trinajstić information content (AvgIpc) is 3.11. The van der Waals surface area contributed by atoms with Crippen LogP contribution < -0.4 is 0 Å². The summed E-state index contributed by atoms with van der Waals surface area (Å²) in [5.41, 5.74) is 0.842. The molecular formula is C29H26N2O6. The zero-order chi connectivity index (χ0) is 26.5. The Bertz CT molecular complexity index is 1510. The monoisotopic (exact) mass is 498 g/mol. The SMILES string of the molecule is COC(=O)C1=C(C(=O)OC)N(C(=O)C(C)(C)C)C(c2ccccn2)OC2=C1c1cccc3cccc2c13. The van der Waals surface area contributed by atoms with Crippen LogP contribution in [0.1, 0.15) is 43.8 Å². The van der Waals surface area contributed by atoms with Crippen LogP contribution in [0.4, 0.5) is 0 Å². The fourth-order valence-corrected chi connectivity index (χ4v) is 4.77. The first kappa shape index (κ1) is 24.2. The highest BCUT2D eigenvalue weighted by molar-refractivity contribution is 6.25. The van der Waals surface area contributed by atoms with Crippen molar-refractivity contribution in [3.05, 3.63) is 88.9 Å². The Morgan fingerprint density at radius 3 is 2.16 bits per heavy atom. The van der Waals surface area contributed by atoms with Crippen LogP contribution in [0.3, 0.4) is 0 Å². The summed E-state index contributed by atoms with van der Waals surface area (Å²) in [5, 5.41) is 1.81. The Balaban J connectivity index is 1.93. The van der Waals surface area contributed by atoms with Crippen molar-refractivity contribution in [3.63, 3.8) is 0 Å². The lowest BCUT2D eigenvalue weighted by molar-refractivity contribution is -0.153. The fraction of sp³-hybridized carbons (Fsp3) is 0.241. The molecule has 1 atom stereocenters. The number of hydrogen-bond acceptors (Lipinski definition) is 7. The summed E-state index contributed by atoms with van der Waals surface area (Å²) < 4.78 is 17.0. The molecule has 0 spiro atoms. The molecule has 2 heterocycles. The molecule has 5 rings (SSSR count). The maximum absolute atomic E-state index is 14.0. The second kappa shape index (κ2) is 8.89. The largest absolute Gasteiger partial charge is 0.465 e. The summed E-state index contributed by atoms with van der Waals surface area (Å²) >= 11 is 0. The summed E-state index contributed by atoms with van der Waals surface area (Å²) in [6.45, 7) is 5.17. The van der Waals surface area contributed by atoms with Crippen LogP contribution in [0.5, 0.6) is 0 Å². The van der Waals surface area contributed by atoms with Crippen molar-refractivity contribution >= 4 is 40.0 Å². The van der Waals surface area contributed by atoms with Crippen molar-refractivity contribution < 1.29 is 28.6 Å². The number of amides is 1. The van der Waals surface area contributed by atoms with Crippen LogP contribution in [-0.4, -0.2) is 41.9 Å². The van der Waals surface area contributed by atoms with E-state index in [1.54, 1.807) is 45.2 Å². The van der Waals surface area contributed by atoms with Gasteiger partial charge in [0.2, 0.25) is 12.1 Å². The molecule has 3 aromatic rings. The smallest absolute Gasteiger partial charge is 0.355 e. The Morgan fingerprint density at radius 1 is 0.892 bits per heavy atom. The predicted octanol–water partition coefficient (Wildman–Crippen LogP) is 4.62. The van der Waals surface area contributed by atoms with Crippen LogP contribution in [0.15, 0.2) is 72.1 Å². The van der Waals surface area contributed by atoms with Gasteiger partial charge in [-0.3, -0.25) is 14.7 Å². The highest BCUT2D eigenvalue weighted by Crippen LogP contribution is 2.51. The number of carbonyl (C=O) groups is 3. The molecule has 37 heavy (non-hydrogen) atoms. The summed E-state index contributed by atoms with van der Waals surface area (Å²) in [5.74, 6) is -1.78. The minimum absolute atomic E-state index is 0.107. The van der Waals surface area contributed by atoms with Crippen LogP contribution in [-0.2, 0) is 28.6 Å². The molecule has 1 aliphatic heterocycles. The lowest BCUT2D eigenvalue weighted by Gasteiger charge is -2.35. The maximum Gasteiger partial charge on any atom is 0.355 e. The summed E-state index contributed by atoms with van der Waals surface area (Å²) in [6.07, 6.45) is 0.407. The zero-order valence-corrected chi connectivity index (χ0v) is 21.2. The Hall–Kier alpha value is -4.46. The van der Waals surface area contributed by atoms with Crippen molar-refractivity contribution in [2.24, 2.45) is 5.41 Å². The van der Waals surface area contributed by atoms with Gasteiger partial charge in [-0.05, 0) is 23.1 Å². The lowest BCUT2D eigenvalue weighted by Crippen LogP contribution is -2.45. The molecule has 0 radical (unpaired) electrons. The fourth-order valence-electron chi connectivity index (χ4n) is 4.77. The van der Waals surface area contributed by atoms with Crippen LogP contribution >= 0.6 is 0 Å². The van der Waals surface area contributed by atoms with Crippen molar-refractivity contribution in [1.82, 2.24) is 9.88 Å². The predicted molar refractivity (Wildman–Crippen MR) is 136 cm³/mol. The maximum atomic E-state index is 14.0. The molecule has 0 fully saturated rings. The number of fused-ring (bicyclic) bond motifs is 2. The zero-order valence-electron chi connectivity index (χ0n) is 21.2. The van der Waals surface area contributed by atoms with Gasteiger partial charge in [0.1, 0.15) is 22.7 Å². The third-order valence-corrected chi connectivity index (χ3v) is 6.41. The number of pyridine rings is 1. The van der Waals surface area contributed by atoms with E-state index in [1.165, 1.54) is 19.1 Å². The molecule has 2 aliphatic rings. The van der Waals surface area contributed by atoms with Gasteiger partial charge in [-0.2, -0.15) is 0 Å². The van der Waals surface area contributed by atoms with Gasteiger partial charge in [-0.1, -0.05) is 63.2 Å². The van der Waals surface area contributed by atoms with E-state index in [9.17, 15) is 14.4 Å².